The topological polar surface area (TPSA) is 64.7 Å². The van der Waals surface area contributed by atoms with Crippen LogP contribution in [0.1, 0.15) is 35.2 Å². The lowest BCUT2D eigenvalue weighted by molar-refractivity contribution is 0.0725. The third-order valence-electron chi connectivity index (χ3n) is 4.89. The molecule has 0 aromatic heterocycles. The molecule has 0 unspecified atom stereocenters. The minimum absolute atomic E-state index is 0.0196. The van der Waals surface area contributed by atoms with E-state index in [-0.39, 0.29) is 11.9 Å². The van der Waals surface area contributed by atoms with Gasteiger partial charge in [-0.05, 0) is 62.1 Å². The molecule has 2 N–H and O–H groups in total. The third-order valence-corrected chi connectivity index (χ3v) is 4.89. The Morgan fingerprint density at radius 2 is 1.61 bits per heavy atom. The molecule has 1 aliphatic rings. The number of nitrogens with zero attached hydrogens (tertiary/aromatic N) is 2. The summed E-state index contributed by atoms with van der Waals surface area (Å²) in [5.74, 6) is 0.0196. The monoisotopic (exact) mass is 380 g/mol. The van der Waals surface area contributed by atoms with Gasteiger partial charge in [-0.15, -0.1) is 0 Å². The molecule has 3 amide bonds. The van der Waals surface area contributed by atoms with Gasteiger partial charge in [0, 0.05) is 44.2 Å². The Labute approximate surface area is 166 Å². The maximum atomic E-state index is 13.1. The first kappa shape index (κ1) is 19.7. The quantitative estimate of drug-likeness (QED) is 0.830. The van der Waals surface area contributed by atoms with Gasteiger partial charge in [-0.3, -0.25) is 4.79 Å². The number of anilines is 3. The van der Waals surface area contributed by atoms with Crippen LogP contribution in [0.2, 0.25) is 0 Å². The number of hydrogen-bond acceptors (Lipinski definition) is 3. The molecule has 0 atom stereocenters. The molecule has 0 bridgehead atoms. The summed E-state index contributed by atoms with van der Waals surface area (Å²) in [6.07, 6.45) is 3.25. The molecule has 1 saturated heterocycles. The van der Waals surface area contributed by atoms with Crippen molar-refractivity contribution in [2.75, 3.05) is 42.7 Å². The first-order valence-corrected chi connectivity index (χ1v) is 9.69. The van der Waals surface area contributed by atoms with Crippen LogP contribution in [0.4, 0.5) is 21.9 Å². The molecule has 28 heavy (non-hydrogen) atoms. The summed E-state index contributed by atoms with van der Waals surface area (Å²) in [5, 5.41) is 5.66. The maximum Gasteiger partial charge on any atom is 0.323 e. The Balaban J connectivity index is 1.78. The van der Waals surface area contributed by atoms with Gasteiger partial charge in [0.1, 0.15) is 0 Å². The number of aryl methyl sites for hydroxylation is 1. The highest BCUT2D eigenvalue weighted by Crippen LogP contribution is 2.26. The first-order valence-electron chi connectivity index (χ1n) is 9.69. The number of amides is 3. The van der Waals surface area contributed by atoms with Crippen LogP contribution in [-0.2, 0) is 0 Å². The molecule has 0 spiro atoms. The second-order valence-corrected chi connectivity index (χ2v) is 7.43. The summed E-state index contributed by atoms with van der Waals surface area (Å²) < 4.78 is 0. The fourth-order valence-electron chi connectivity index (χ4n) is 3.46. The van der Waals surface area contributed by atoms with E-state index in [2.05, 4.69) is 10.6 Å². The maximum absolute atomic E-state index is 13.1. The molecule has 1 heterocycles. The van der Waals surface area contributed by atoms with Crippen LogP contribution < -0.4 is 15.5 Å². The van der Waals surface area contributed by atoms with Crippen LogP contribution in [0.3, 0.4) is 0 Å². The van der Waals surface area contributed by atoms with E-state index in [1.165, 1.54) is 6.42 Å². The van der Waals surface area contributed by atoms with Crippen LogP contribution in [0.15, 0.2) is 42.5 Å². The van der Waals surface area contributed by atoms with Gasteiger partial charge in [0.15, 0.2) is 0 Å². The minimum Gasteiger partial charge on any atom is -0.377 e. The van der Waals surface area contributed by atoms with E-state index < -0.39 is 0 Å². The molecular weight excluding hydrogens is 352 g/mol. The number of carbonyl (C=O) groups is 2. The summed E-state index contributed by atoms with van der Waals surface area (Å²) in [7, 11) is 3.83. The molecule has 0 aliphatic carbocycles. The number of benzene rings is 2. The molecule has 2 aromatic rings. The average molecular weight is 380 g/mol. The van der Waals surface area contributed by atoms with Gasteiger partial charge < -0.3 is 20.4 Å². The second-order valence-electron chi connectivity index (χ2n) is 7.43. The van der Waals surface area contributed by atoms with Crippen LogP contribution in [0, 0.1) is 6.92 Å². The number of rotatable bonds is 4. The van der Waals surface area contributed by atoms with Gasteiger partial charge in [-0.2, -0.15) is 0 Å². The van der Waals surface area contributed by atoms with E-state index in [9.17, 15) is 9.59 Å². The van der Waals surface area contributed by atoms with E-state index in [4.69, 9.17) is 0 Å². The Hall–Kier alpha value is -3.02. The Morgan fingerprint density at radius 3 is 2.25 bits per heavy atom. The highest BCUT2D eigenvalue weighted by atomic mass is 16.2. The molecular formula is C22H28N4O2. The molecule has 0 radical (unpaired) electrons. The summed E-state index contributed by atoms with van der Waals surface area (Å²) in [6, 6.07) is 12.7. The van der Waals surface area contributed by atoms with Crippen molar-refractivity contribution in [1.82, 2.24) is 4.90 Å². The largest absolute Gasteiger partial charge is 0.377 e. The fraction of sp³-hybridized carbons (Fsp3) is 0.364. The van der Waals surface area contributed by atoms with E-state index >= 15 is 0 Å². The number of piperidine rings is 1. The lowest BCUT2D eigenvalue weighted by Crippen LogP contribution is -2.36. The highest BCUT2D eigenvalue weighted by molar-refractivity contribution is 6.04. The molecule has 6 heteroatoms. The van der Waals surface area contributed by atoms with Gasteiger partial charge in [0.2, 0.25) is 0 Å². The summed E-state index contributed by atoms with van der Waals surface area (Å²) in [4.78, 5) is 29.3. The van der Waals surface area contributed by atoms with Gasteiger partial charge in [0.05, 0.1) is 5.56 Å². The summed E-state index contributed by atoms with van der Waals surface area (Å²) >= 11 is 0. The minimum atomic E-state index is -0.334. The lowest BCUT2D eigenvalue weighted by Gasteiger charge is -2.28. The zero-order chi connectivity index (χ0) is 20.1. The molecule has 3 rings (SSSR count). The van der Waals surface area contributed by atoms with Crippen molar-refractivity contribution in [2.24, 2.45) is 0 Å². The van der Waals surface area contributed by atoms with Crippen molar-refractivity contribution in [3.63, 3.8) is 0 Å². The van der Waals surface area contributed by atoms with Gasteiger partial charge in [0.25, 0.3) is 5.91 Å². The van der Waals surface area contributed by atoms with Crippen molar-refractivity contribution in [1.29, 1.82) is 0 Å². The Kier molecular flexibility index (Phi) is 6.19. The first-order chi connectivity index (χ1) is 13.4. The van der Waals surface area contributed by atoms with Crippen molar-refractivity contribution in [2.45, 2.75) is 26.2 Å². The Bertz CT molecular complexity index is 857. The van der Waals surface area contributed by atoms with Crippen molar-refractivity contribution in [3.05, 3.63) is 53.6 Å². The number of likely N-dealkylation sites (tertiary alicyclic amines) is 1. The molecule has 148 valence electrons. The Morgan fingerprint density at radius 1 is 0.929 bits per heavy atom. The summed E-state index contributed by atoms with van der Waals surface area (Å²) in [6.45, 7) is 3.55. The van der Waals surface area contributed by atoms with Crippen molar-refractivity contribution < 1.29 is 9.59 Å². The zero-order valence-corrected chi connectivity index (χ0v) is 16.8. The van der Waals surface area contributed by atoms with Gasteiger partial charge in [-0.1, -0.05) is 12.1 Å². The molecule has 1 aliphatic heterocycles. The zero-order valence-electron chi connectivity index (χ0n) is 16.8. The normalized spacial score (nSPS) is 13.8. The molecule has 1 fully saturated rings. The van der Waals surface area contributed by atoms with E-state index in [0.717, 1.165) is 42.9 Å². The van der Waals surface area contributed by atoms with Crippen LogP contribution in [-0.4, -0.2) is 44.0 Å². The molecule has 6 nitrogen and oxygen atoms in total. The van der Waals surface area contributed by atoms with E-state index in [0.29, 0.717) is 11.3 Å². The fourth-order valence-corrected chi connectivity index (χ4v) is 3.46. The van der Waals surface area contributed by atoms with E-state index in [1.807, 2.05) is 67.2 Å². The van der Waals surface area contributed by atoms with Crippen LogP contribution in [0.25, 0.3) is 0 Å². The van der Waals surface area contributed by atoms with Gasteiger partial charge >= 0.3 is 6.03 Å². The number of hydrogen-bond donors (Lipinski definition) is 2. The summed E-state index contributed by atoms with van der Waals surface area (Å²) in [5.41, 5.74) is 3.85. The number of nitrogens with one attached hydrogen (secondary N) is 2. The standard InChI is InChI=1S/C22H28N4O2/c1-16-8-7-9-17(14-16)23-22(28)24-18-10-11-20(25(2)3)19(15-18)21(27)26-12-5-4-6-13-26/h7-11,14-15H,4-6,12-13H2,1-3H3,(H2,23,24,28). The highest BCUT2D eigenvalue weighted by Gasteiger charge is 2.22. The smallest absolute Gasteiger partial charge is 0.323 e. The van der Waals surface area contributed by atoms with Crippen LogP contribution >= 0.6 is 0 Å². The second kappa shape index (κ2) is 8.78. The van der Waals surface area contributed by atoms with E-state index in [1.54, 1.807) is 6.07 Å². The molecule has 0 saturated carbocycles. The average Bonchev–Trinajstić information content (AvgIpc) is 2.67. The van der Waals surface area contributed by atoms with Crippen LogP contribution in [0.5, 0.6) is 0 Å². The predicted molar refractivity (Wildman–Crippen MR) is 114 cm³/mol. The van der Waals surface area contributed by atoms with Gasteiger partial charge in [-0.25, -0.2) is 4.79 Å². The predicted octanol–water partition coefficient (Wildman–Crippen LogP) is 4.33. The SMILES string of the molecule is Cc1cccc(NC(=O)Nc2ccc(N(C)C)c(C(=O)N3CCCCC3)c2)c1. The van der Waals surface area contributed by atoms with Crippen molar-refractivity contribution >= 4 is 29.0 Å². The number of carbonyl (C=O) groups excluding carboxylic acids is 2. The van der Waals surface area contributed by atoms with Crippen molar-refractivity contribution in [3.8, 4) is 0 Å². The lowest BCUT2D eigenvalue weighted by atomic mass is 10.1. The number of urea groups is 1. The third kappa shape index (κ3) is 4.82. The molecule has 2 aromatic carbocycles.